The maximum Gasteiger partial charge on any atom is 0.308 e. The molecule has 1 saturated carbocycles. The maximum atomic E-state index is 11.1. The third-order valence-corrected chi connectivity index (χ3v) is 3.99. The van der Waals surface area contributed by atoms with Gasteiger partial charge in [0, 0.05) is 25.2 Å². The maximum absolute atomic E-state index is 11.1. The number of aliphatic hydroxyl groups is 1. The molecule has 2 aliphatic rings. The number of carboxylic acid groups (broad SMARTS) is 1. The second-order valence-electron chi connectivity index (χ2n) is 5.59. The Bertz CT molecular complexity index is 295. The number of nitrogens with zero attached hydrogens (tertiary/aromatic N) is 2. The Labute approximate surface area is 102 Å². The highest BCUT2D eigenvalue weighted by Crippen LogP contribution is 2.36. The van der Waals surface area contributed by atoms with E-state index in [0.29, 0.717) is 12.6 Å². The lowest BCUT2D eigenvalue weighted by atomic mass is 9.78. The Morgan fingerprint density at radius 3 is 2.59 bits per heavy atom. The summed E-state index contributed by atoms with van der Waals surface area (Å²) in [4.78, 5) is 15.4. The van der Waals surface area contributed by atoms with Gasteiger partial charge < -0.3 is 15.1 Å². The molecule has 0 amide bonds. The van der Waals surface area contributed by atoms with Crippen LogP contribution in [0.3, 0.4) is 0 Å². The van der Waals surface area contributed by atoms with Gasteiger partial charge in [0.25, 0.3) is 0 Å². The van der Waals surface area contributed by atoms with Crippen LogP contribution in [0.5, 0.6) is 0 Å². The molecule has 0 radical (unpaired) electrons. The van der Waals surface area contributed by atoms with Crippen molar-refractivity contribution < 1.29 is 15.0 Å². The number of hydrogen-bond acceptors (Lipinski definition) is 4. The Balaban J connectivity index is 2.00. The second kappa shape index (κ2) is 4.92. The fourth-order valence-corrected chi connectivity index (χ4v) is 3.09. The standard InChI is InChI=1S/C12H22N2O3/c1-13(2)6-8-5-9(15)7-14(8)11-4-3-10(11)12(16)17/h8-11,15H,3-7H2,1-2H3,(H,16,17). The van der Waals surface area contributed by atoms with Crippen LogP contribution < -0.4 is 0 Å². The number of carboxylic acids is 1. The van der Waals surface area contributed by atoms with E-state index in [1.807, 2.05) is 14.1 Å². The number of likely N-dealkylation sites (N-methyl/N-ethyl adjacent to an activating group) is 1. The molecule has 0 bridgehead atoms. The number of aliphatic carboxylic acids is 1. The summed E-state index contributed by atoms with van der Waals surface area (Å²) in [6, 6.07) is 0.432. The molecule has 4 unspecified atom stereocenters. The molecule has 0 aromatic rings. The number of rotatable bonds is 4. The van der Waals surface area contributed by atoms with Crippen molar-refractivity contribution in [2.24, 2.45) is 5.92 Å². The number of likely N-dealkylation sites (tertiary alicyclic amines) is 1. The minimum absolute atomic E-state index is 0.134. The summed E-state index contributed by atoms with van der Waals surface area (Å²) >= 11 is 0. The molecule has 98 valence electrons. The second-order valence-corrected chi connectivity index (χ2v) is 5.59. The average Bonchev–Trinajstić information content (AvgIpc) is 2.42. The zero-order valence-electron chi connectivity index (χ0n) is 10.5. The van der Waals surface area contributed by atoms with Gasteiger partial charge in [0.2, 0.25) is 0 Å². The Morgan fingerprint density at radius 2 is 2.12 bits per heavy atom. The van der Waals surface area contributed by atoms with Gasteiger partial charge in [-0.1, -0.05) is 0 Å². The van der Waals surface area contributed by atoms with Crippen LogP contribution in [0.4, 0.5) is 0 Å². The van der Waals surface area contributed by atoms with Gasteiger partial charge in [-0.15, -0.1) is 0 Å². The first-order valence-corrected chi connectivity index (χ1v) is 6.30. The Hall–Kier alpha value is -0.650. The zero-order valence-corrected chi connectivity index (χ0v) is 10.5. The van der Waals surface area contributed by atoms with Gasteiger partial charge >= 0.3 is 5.97 Å². The zero-order chi connectivity index (χ0) is 12.6. The largest absolute Gasteiger partial charge is 0.481 e. The van der Waals surface area contributed by atoms with Crippen LogP contribution in [0.1, 0.15) is 19.3 Å². The quantitative estimate of drug-likeness (QED) is 0.717. The van der Waals surface area contributed by atoms with Crippen LogP contribution in [0.25, 0.3) is 0 Å². The lowest BCUT2D eigenvalue weighted by Crippen LogP contribution is -2.53. The predicted molar refractivity (Wildman–Crippen MR) is 63.8 cm³/mol. The summed E-state index contributed by atoms with van der Waals surface area (Å²) in [6.07, 6.45) is 2.20. The van der Waals surface area contributed by atoms with Crippen molar-refractivity contribution in [2.75, 3.05) is 27.2 Å². The molecule has 1 aliphatic heterocycles. The van der Waals surface area contributed by atoms with Crippen LogP contribution in [-0.2, 0) is 4.79 Å². The SMILES string of the molecule is CN(C)CC1CC(O)CN1C1CCC1C(=O)O. The topological polar surface area (TPSA) is 64.0 Å². The van der Waals surface area contributed by atoms with Crippen LogP contribution in [-0.4, -0.2) is 71.4 Å². The van der Waals surface area contributed by atoms with Gasteiger partial charge in [-0.05, 0) is 33.4 Å². The molecular weight excluding hydrogens is 220 g/mol. The van der Waals surface area contributed by atoms with E-state index >= 15 is 0 Å². The Kier molecular flexibility index (Phi) is 3.70. The minimum atomic E-state index is -0.689. The van der Waals surface area contributed by atoms with Gasteiger partial charge in [-0.2, -0.15) is 0 Å². The average molecular weight is 242 g/mol. The lowest BCUT2D eigenvalue weighted by molar-refractivity contribution is -0.149. The molecule has 1 aliphatic carbocycles. The van der Waals surface area contributed by atoms with E-state index in [2.05, 4.69) is 9.80 Å². The third-order valence-electron chi connectivity index (χ3n) is 3.99. The summed E-state index contributed by atoms with van der Waals surface area (Å²) in [6.45, 7) is 1.52. The molecule has 0 spiro atoms. The first kappa shape index (κ1) is 12.8. The van der Waals surface area contributed by atoms with Gasteiger partial charge in [0.1, 0.15) is 0 Å². The Morgan fingerprint density at radius 1 is 1.41 bits per heavy atom. The monoisotopic (exact) mass is 242 g/mol. The van der Waals surface area contributed by atoms with E-state index in [9.17, 15) is 9.90 Å². The van der Waals surface area contributed by atoms with Crippen molar-refractivity contribution in [2.45, 2.75) is 37.5 Å². The first-order chi connectivity index (χ1) is 7.99. The van der Waals surface area contributed by atoms with Crippen molar-refractivity contribution in [3.63, 3.8) is 0 Å². The highest BCUT2D eigenvalue weighted by molar-refractivity contribution is 5.72. The van der Waals surface area contributed by atoms with E-state index in [1.165, 1.54) is 0 Å². The molecule has 2 N–H and O–H groups in total. The van der Waals surface area contributed by atoms with E-state index in [4.69, 9.17) is 5.11 Å². The van der Waals surface area contributed by atoms with Crippen molar-refractivity contribution in [1.29, 1.82) is 0 Å². The fourth-order valence-electron chi connectivity index (χ4n) is 3.09. The highest BCUT2D eigenvalue weighted by atomic mass is 16.4. The molecule has 5 heteroatoms. The molecular formula is C12H22N2O3. The highest BCUT2D eigenvalue weighted by Gasteiger charge is 2.45. The molecule has 5 nitrogen and oxygen atoms in total. The van der Waals surface area contributed by atoms with E-state index in [1.54, 1.807) is 0 Å². The summed E-state index contributed by atoms with van der Waals surface area (Å²) in [5.41, 5.74) is 0. The summed E-state index contributed by atoms with van der Waals surface area (Å²) < 4.78 is 0. The van der Waals surface area contributed by atoms with E-state index < -0.39 is 5.97 Å². The normalized spacial score (nSPS) is 38.4. The van der Waals surface area contributed by atoms with E-state index in [0.717, 1.165) is 25.8 Å². The molecule has 1 saturated heterocycles. The molecule has 2 rings (SSSR count). The smallest absolute Gasteiger partial charge is 0.308 e. The number of carbonyl (C=O) groups is 1. The van der Waals surface area contributed by atoms with Crippen molar-refractivity contribution in [3.8, 4) is 0 Å². The molecule has 0 aromatic heterocycles. The van der Waals surface area contributed by atoms with Crippen LogP contribution in [0, 0.1) is 5.92 Å². The van der Waals surface area contributed by atoms with Crippen LogP contribution >= 0.6 is 0 Å². The van der Waals surface area contributed by atoms with Crippen LogP contribution in [0.15, 0.2) is 0 Å². The number of β-amino-alcohol motifs (C(OH)–C–C–N with tert-alkyl or cyclic N) is 1. The van der Waals surface area contributed by atoms with Crippen molar-refractivity contribution >= 4 is 5.97 Å². The molecule has 2 fully saturated rings. The van der Waals surface area contributed by atoms with Gasteiger partial charge in [-0.3, -0.25) is 9.69 Å². The molecule has 0 aromatic carbocycles. The van der Waals surface area contributed by atoms with Gasteiger partial charge in [0.15, 0.2) is 0 Å². The van der Waals surface area contributed by atoms with Crippen molar-refractivity contribution in [1.82, 2.24) is 9.80 Å². The summed E-state index contributed by atoms with van der Waals surface area (Å²) in [5, 5.41) is 18.9. The summed E-state index contributed by atoms with van der Waals surface area (Å²) in [7, 11) is 4.02. The molecule has 4 atom stereocenters. The fraction of sp³-hybridized carbons (Fsp3) is 0.917. The van der Waals surface area contributed by atoms with Gasteiger partial charge in [0.05, 0.1) is 12.0 Å². The summed E-state index contributed by atoms with van der Waals surface area (Å²) in [5.74, 6) is -0.920. The van der Waals surface area contributed by atoms with Crippen LogP contribution in [0.2, 0.25) is 0 Å². The van der Waals surface area contributed by atoms with E-state index in [-0.39, 0.29) is 18.1 Å². The lowest BCUT2D eigenvalue weighted by Gasteiger charge is -2.43. The number of aliphatic hydroxyl groups excluding tert-OH is 1. The molecule has 17 heavy (non-hydrogen) atoms. The third kappa shape index (κ3) is 2.61. The number of hydrogen-bond donors (Lipinski definition) is 2. The van der Waals surface area contributed by atoms with Crippen molar-refractivity contribution in [3.05, 3.63) is 0 Å². The minimum Gasteiger partial charge on any atom is -0.481 e. The molecule has 1 heterocycles. The first-order valence-electron chi connectivity index (χ1n) is 6.30. The predicted octanol–water partition coefficient (Wildman–Crippen LogP) is -0.154. The van der Waals surface area contributed by atoms with Gasteiger partial charge in [-0.25, -0.2) is 0 Å².